The van der Waals surface area contributed by atoms with Crippen LogP contribution in [-0.2, 0) is 9.53 Å². The number of ether oxygens (including phenoxy) is 1. The molecule has 7 heteroatoms. The first-order chi connectivity index (χ1) is 13.0. The maximum absolute atomic E-state index is 12.5. The summed E-state index contributed by atoms with van der Waals surface area (Å²) in [5, 5.41) is 5.55. The van der Waals surface area contributed by atoms with Crippen LogP contribution < -0.4 is 10.6 Å². The number of rotatable bonds is 5. The van der Waals surface area contributed by atoms with E-state index in [-0.39, 0.29) is 18.0 Å². The molecule has 1 unspecified atom stereocenters. The van der Waals surface area contributed by atoms with Gasteiger partial charge in [-0.15, -0.1) is 0 Å². The summed E-state index contributed by atoms with van der Waals surface area (Å²) in [5.74, 6) is -0.681. The van der Waals surface area contributed by atoms with Crippen molar-refractivity contribution in [2.24, 2.45) is 0 Å². The van der Waals surface area contributed by atoms with E-state index in [1.165, 1.54) is 0 Å². The van der Waals surface area contributed by atoms with Gasteiger partial charge in [0, 0.05) is 24.8 Å². The highest BCUT2D eigenvalue weighted by Gasteiger charge is 2.25. The third kappa shape index (κ3) is 5.70. The Bertz CT molecular complexity index is 677. The molecule has 0 bridgehead atoms. The van der Waals surface area contributed by atoms with E-state index in [1.807, 2.05) is 0 Å². The highest BCUT2D eigenvalue weighted by Crippen LogP contribution is 2.19. The number of likely N-dealkylation sites (tertiary alicyclic amines) is 1. The molecular weight excluding hydrogens is 346 g/mol. The molecule has 1 atom stereocenters. The molecule has 0 spiro atoms. The van der Waals surface area contributed by atoms with Crippen molar-refractivity contribution in [3.63, 3.8) is 0 Å². The highest BCUT2D eigenvalue weighted by atomic mass is 16.5. The Morgan fingerprint density at radius 3 is 2.26 bits per heavy atom. The number of hydrogen-bond acceptors (Lipinski definition) is 4. The molecule has 2 N–H and O–H groups in total. The summed E-state index contributed by atoms with van der Waals surface area (Å²) in [6.07, 6.45) is 5.50. The van der Waals surface area contributed by atoms with Crippen molar-refractivity contribution in [1.29, 1.82) is 0 Å². The third-order valence-corrected chi connectivity index (χ3v) is 4.84. The topological polar surface area (TPSA) is 87.7 Å². The van der Waals surface area contributed by atoms with Gasteiger partial charge in [-0.05, 0) is 56.9 Å². The molecule has 3 amide bonds. The third-order valence-electron chi connectivity index (χ3n) is 4.84. The molecular formula is C20H27N3O4. The largest absolute Gasteiger partial charge is 0.449 e. The van der Waals surface area contributed by atoms with Crippen molar-refractivity contribution in [1.82, 2.24) is 10.2 Å². The van der Waals surface area contributed by atoms with E-state index in [0.717, 1.165) is 51.6 Å². The summed E-state index contributed by atoms with van der Waals surface area (Å²) < 4.78 is 5.34. The van der Waals surface area contributed by atoms with Crippen molar-refractivity contribution < 1.29 is 19.1 Å². The monoisotopic (exact) mass is 373 g/mol. The van der Waals surface area contributed by atoms with Crippen LogP contribution in [0.5, 0.6) is 0 Å². The normalized spacial score (nSPS) is 18.2. The van der Waals surface area contributed by atoms with Gasteiger partial charge < -0.3 is 20.3 Å². The lowest BCUT2D eigenvalue weighted by atomic mass is 10.2. The number of carbonyl (C=O) groups excluding carboxylic acids is 3. The Labute approximate surface area is 159 Å². The number of esters is 1. The molecule has 0 radical (unpaired) electrons. The van der Waals surface area contributed by atoms with Gasteiger partial charge in [-0.3, -0.25) is 4.79 Å². The van der Waals surface area contributed by atoms with Gasteiger partial charge in [0.05, 0.1) is 5.56 Å². The van der Waals surface area contributed by atoms with Crippen LogP contribution in [0.25, 0.3) is 0 Å². The van der Waals surface area contributed by atoms with Gasteiger partial charge in [0.1, 0.15) is 0 Å². The number of nitrogens with zero attached hydrogens (tertiary/aromatic N) is 1. The smallest absolute Gasteiger partial charge is 0.338 e. The maximum atomic E-state index is 12.5. The number of hydrogen-bond donors (Lipinski definition) is 2. The van der Waals surface area contributed by atoms with Crippen molar-refractivity contribution in [2.75, 3.05) is 18.4 Å². The van der Waals surface area contributed by atoms with E-state index in [4.69, 9.17) is 4.74 Å². The second kappa shape index (κ2) is 8.88. The van der Waals surface area contributed by atoms with Gasteiger partial charge >= 0.3 is 12.0 Å². The molecule has 146 valence electrons. The van der Waals surface area contributed by atoms with Gasteiger partial charge in [-0.25, -0.2) is 9.59 Å². The van der Waals surface area contributed by atoms with Crippen LogP contribution in [0.4, 0.5) is 10.5 Å². The van der Waals surface area contributed by atoms with Gasteiger partial charge in [0.25, 0.3) is 5.91 Å². The Morgan fingerprint density at radius 1 is 1.04 bits per heavy atom. The summed E-state index contributed by atoms with van der Waals surface area (Å²) in [5.41, 5.74) is 0.942. The molecule has 3 rings (SSSR count). The van der Waals surface area contributed by atoms with Crippen LogP contribution in [0.15, 0.2) is 24.3 Å². The van der Waals surface area contributed by atoms with Gasteiger partial charge in [-0.2, -0.15) is 0 Å². The second-order valence-corrected chi connectivity index (χ2v) is 7.24. The van der Waals surface area contributed by atoms with Crippen LogP contribution in [0.3, 0.4) is 0 Å². The Balaban J connectivity index is 1.50. The lowest BCUT2D eigenvalue weighted by Gasteiger charge is -2.24. The quantitative estimate of drug-likeness (QED) is 0.777. The molecule has 1 aliphatic carbocycles. The fraction of sp³-hybridized carbons (Fsp3) is 0.550. The first-order valence-electron chi connectivity index (χ1n) is 9.70. The summed E-state index contributed by atoms with van der Waals surface area (Å²) in [6.45, 7) is 3.07. The summed E-state index contributed by atoms with van der Waals surface area (Å²) >= 11 is 0. The first kappa shape index (κ1) is 19.2. The summed E-state index contributed by atoms with van der Waals surface area (Å²) in [6, 6.07) is 6.48. The van der Waals surface area contributed by atoms with E-state index < -0.39 is 12.1 Å². The molecule has 1 aromatic carbocycles. The Kier molecular flexibility index (Phi) is 6.32. The van der Waals surface area contributed by atoms with Crippen LogP contribution in [0, 0.1) is 0 Å². The zero-order valence-corrected chi connectivity index (χ0v) is 15.7. The molecule has 7 nitrogen and oxygen atoms in total. The lowest BCUT2D eigenvalue weighted by molar-refractivity contribution is -0.139. The zero-order valence-electron chi connectivity index (χ0n) is 15.7. The molecule has 0 aromatic heterocycles. The lowest BCUT2D eigenvalue weighted by Crippen LogP contribution is -2.40. The van der Waals surface area contributed by atoms with Crippen molar-refractivity contribution in [2.45, 2.75) is 57.6 Å². The molecule has 1 heterocycles. The number of carbonyl (C=O) groups is 3. The molecule has 27 heavy (non-hydrogen) atoms. The van der Waals surface area contributed by atoms with Crippen molar-refractivity contribution in [3.05, 3.63) is 29.8 Å². The Morgan fingerprint density at radius 2 is 1.67 bits per heavy atom. The van der Waals surface area contributed by atoms with Gasteiger partial charge in [0.15, 0.2) is 6.10 Å². The fourth-order valence-electron chi connectivity index (χ4n) is 3.10. The number of benzene rings is 1. The van der Waals surface area contributed by atoms with E-state index in [9.17, 15) is 14.4 Å². The zero-order chi connectivity index (χ0) is 19.2. The SMILES string of the molecule is CC(OC(=O)c1ccc(NC(=O)NC2CC2)cc1)C(=O)N1CCCCCC1. The second-order valence-electron chi connectivity index (χ2n) is 7.24. The number of nitrogens with one attached hydrogen (secondary N) is 2. The van der Waals surface area contributed by atoms with Crippen LogP contribution in [0.1, 0.15) is 55.8 Å². The van der Waals surface area contributed by atoms with Gasteiger partial charge in [0.2, 0.25) is 0 Å². The van der Waals surface area contributed by atoms with E-state index in [2.05, 4.69) is 10.6 Å². The van der Waals surface area contributed by atoms with Gasteiger partial charge in [-0.1, -0.05) is 12.8 Å². The molecule has 1 saturated carbocycles. The summed E-state index contributed by atoms with van der Waals surface area (Å²) in [7, 11) is 0. The van der Waals surface area contributed by atoms with E-state index in [1.54, 1.807) is 36.1 Å². The van der Waals surface area contributed by atoms with Crippen LogP contribution in [-0.4, -0.2) is 48.0 Å². The Hall–Kier alpha value is -2.57. The number of anilines is 1. The van der Waals surface area contributed by atoms with E-state index >= 15 is 0 Å². The minimum Gasteiger partial charge on any atom is -0.449 e. The van der Waals surface area contributed by atoms with Crippen molar-refractivity contribution >= 4 is 23.6 Å². The minimum absolute atomic E-state index is 0.139. The highest BCUT2D eigenvalue weighted by molar-refractivity contribution is 5.94. The number of urea groups is 1. The fourth-order valence-corrected chi connectivity index (χ4v) is 3.10. The standard InChI is InChI=1S/C20H27N3O4/c1-14(18(24)23-12-4-2-3-5-13-23)27-19(25)15-6-8-16(9-7-15)21-20(26)22-17-10-11-17/h6-9,14,17H,2-5,10-13H2,1H3,(H2,21,22,26). The van der Waals surface area contributed by atoms with E-state index in [0.29, 0.717) is 11.3 Å². The molecule has 2 fully saturated rings. The first-order valence-corrected chi connectivity index (χ1v) is 9.70. The average molecular weight is 373 g/mol. The minimum atomic E-state index is -0.808. The molecule has 2 aliphatic rings. The maximum Gasteiger partial charge on any atom is 0.338 e. The number of amides is 3. The average Bonchev–Trinajstić information content (AvgIpc) is 3.48. The molecule has 1 saturated heterocycles. The van der Waals surface area contributed by atoms with Crippen LogP contribution in [0.2, 0.25) is 0 Å². The summed E-state index contributed by atoms with van der Waals surface area (Å²) in [4.78, 5) is 38.3. The predicted octanol–water partition coefficient (Wildman–Crippen LogP) is 2.92. The predicted molar refractivity (Wildman–Crippen MR) is 102 cm³/mol. The molecule has 1 aliphatic heterocycles. The molecule has 1 aromatic rings. The van der Waals surface area contributed by atoms with Crippen molar-refractivity contribution in [3.8, 4) is 0 Å². The van der Waals surface area contributed by atoms with Crippen LogP contribution >= 0.6 is 0 Å².